The molecule has 9 heteroatoms. The molecule has 1 unspecified atom stereocenters. The summed E-state index contributed by atoms with van der Waals surface area (Å²) in [4.78, 5) is 0. The average molecular weight is 280 g/mol. The highest BCUT2D eigenvalue weighted by molar-refractivity contribution is 7.86. The smallest absolute Gasteiger partial charge is 0.282 e. The molecule has 1 rings (SSSR count). The van der Waals surface area contributed by atoms with E-state index >= 15 is 0 Å². The van der Waals surface area contributed by atoms with E-state index in [-0.39, 0.29) is 31.6 Å². The van der Waals surface area contributed by atoms with Crippen LogP contribution in [0.15, 0.2) is 5.16 Å². The minimum absolute atomic E-state index is 0.0509. The maximum Gasteiger partial charge on any atom is 0.282 e. The van der Waals surface area contributed by atoms with Crippen molar-refractivity contribution in [3.63, 3.8) is 0 Å². The molecule has 18 heavy (non-hydrogen) atoms. The SMILES string of the molecule is CC(C)N(C)S(=O)(=O)N1CCOC(C(N)=NO)C1. The monoisotopic (exact) mass is 280 g/mol. The molecule has 1 atom stereocenters. The van der Waals surface area contributed by atoms with Crippen LogP contribution in [0.4, 0.5) is 0 Å². The van der Waals surface area contributed by atoms with Gasteiger partial charge in [0.05, 0.1) is 6.61 Å². The van der Waals surface area contributed by atoms with Crippen LogP contribution in [0.25, 0.3) is 0 Å². The van der Waals surface area contributed by atoms with Crippen molar-refractivity contribution in [2.75, 3.05) is 26.7 Å². The summed E-state index contributed by atoms with van der Waals surface area (Å²) in [7, 11) is -2.02. The van der Waals surface area contributed by atoms with Crippen LogP contribution in [-0.4, -0.2) is 67.0 Å². The molecule has 3 N–H and O–H groups in total. The van der Waals surface area contributed by atoms with Gasteiger partial charge in [0.25, 0.3) is 10.2 Å². The highest BCUT2D eigenvalue weighted by Crippen LogP contribution is 2.15. The van der Waals surface area contributed by atoms with Gasteiger partial charge in [0.2, 0.25) is 0 Å². The Balaban J connectivity index is 2.84. The molecule has 1 aliphatic heterocycles. The number of nitrogens with zero attached hydrogens (tertiary/aromatic N) is 3. The number of ether oxygens (including phenoxy) is 1. The van der Waals surface area contributed by atoms with E-state index in [2.05, 4.69) is 5.16 Å². The van der Waals surface area contributed by atoms with Crippen molar-refractivity contribution in [3.8, 4) is 0 Å². The first-order chi connectivity index (χ1) is 8.30. The zero-order valence-corrected chi connectivity index (χ0v) is 11.6. The van der Waals surface area contributed by atoms with Crippen molar-refractivity contribution in [1.82, 2.24) is 8.61 Å². The Morgan fingerprint density at radius 3 is 2.72 bits per heavy atom. The van der Waals surface area contributed by atoms with Gasteiger partial charge in [0.15, 0.2) is 5.84 Å². The van der Waals surface area contributed by atoms with E-state index in [9.17, 15) is 8.42 Å². The Bertz CT molecular complexity index is 409. The second-order valence-electron chi connectivity index (χ2n) is 4.36. The molecule has 0 aliphatic carbocycles. The molecule has 0 bridgehead atoms. The minimum atomic E-state index is -3.54. The summed E-state index contributed by atoms with van der Waals surface area (Å²) >= 11 is 0. The molecule has 1 fully saturated rings. The van der Waals surface area contributed by atoms with Crippen molar-refractivity contribution in [1.29, 1.82) is 0 Å². The molecular weight excluding hydrogens is 260 g/mol. The zero-order valence-electron chi connectivity index (χ0n) is 10.8. The second-order valence-corrected chi connectivity index (χ2v) is 6.35. The van der Waals surface area contributed by atoms with E-state index < -0.39 is 16.3 Å². The van der Waals surface area contributed by atoms with Gasteiger partial charge in [-0.1, -0.05) is 5.16 Å². The molecular formula is C9H20N4O4S. The highest BCUT2D eigenvalue weighted by Gasteiger charge is 2.34. The van der Waals surface area contributed by atoms with E-state index in [1.807, 2.05) is 0 Å². The normalized spacial score (nSPS) is 23.8. The van der Waals surface area contributed by atoms with Gasteiger partial charge in [-0.3, -0.25) is 0 Å². The molecule has 0 amide bonds. The van der Waals surface area contributed by atoms with Crippen molar-refractivity contribution in [3.05, 3.63) is 0 Å². The van der Waals surface area contributed by atoms with Crippen molar-refractivity contribution in [2.24, 2.45) is 10.9 Å². The van der Waals surface area contributed by atoms with Gasteiger partial charge in [0.1, 0.15) is 6.10 Å². The molecule has 1 aliphatic rings. The highest BCUT2D eigenvalue weighted by atomic mass is 32.2. The number of oxime groups is 1. The third-order valence-electron chi connectivity index (χ3n) is 2.89. The number of nitrogens with two attached hydrogens (primary N) is 1. The van der Waals surface area contributed by atoms with Gasteiger partial charge in [-0.15, -0.1) is 0 Å². The number of hydrogen-bond acceptors (Lipinski definition) is 5. The van der Waals surface area contributed by atoms with E-state index in [1.54, 1.807) is 13.8 Å². The number of amidine groups is 1. The van der Waals surface area contributed by atoms with Crippen LogP contribution in [0.3, 0.4) is 0 Å². The third kappa shape index (κ3) is 3.10. The first-order valence-corrected chi connectivity index (χ1v) is 7.02. The predicted molar refractivity (Wildman–Crippen MR) is 66.5 cm³/mol. The van der Waals surface area contributed by atoms with Crippen molar-refractivity contribution >= 4 is 16.0 Å². The topological polar surface area (TPSA) is 108 Å². The molecule has 0 saturated carbocycles. The maximum atomic E-state index is 12.2. The summed E-state index contributed by atoms with van der Waals surface area (Å²) < 4.78 is 32.3. The van der Waals surface area contributed by atoms with Crippen LogP contribution in [-0.2, 0) is 14.9 Å². The van der Waals surface area contributed by atoms with Gasteiger partial charge in [-0.2, -0.15) is 17.0 Å². The Kier molecular flexibility index (Phi) is 4.91. The largest absolute Gasteiger partial charge is 0.409 e. The maximum absolute atomic E-state index is 12.2. The number of morpholine rings is 1. The lowest BCUT2D eigenvalue weighted by atomic mass is 10.3. The molecule has 0 radical (unpaired) electrons. The van der Waals surface area contributed by atoms with Crippen LogP contribution < -0.4 is 5.73 Å². The van der Waals surface area contributed by atoms with Gasteiger partial charge in [0, 0.05) is 26.2 Å². The lowest BCUT2D eigenvalue weighted by Gasteiger charge is -2.35. The lowest BCUT2D eigenvalue weighted by Crippen LogP contribution is -2.54. The average Bonchev–Trinajstić information content (AvgIpc) is 2.36. The van der Waals surface area contributed by atoms with Gasteiger partial charge in [-0.05, 0) is 13.8 Å². The lowest BCUT2D eigenvalue weighted by molar-refractivity contribution is 0.0332. The fourth-order valence-electron chi connectivity index (χ4n) is 1.53. The summed E-state index contributed by atoms with van der Waals surface area (Å²) in [5.74, 6) is -0.123. The molecule has 0 aromatic rings. The van der Waals surface area contributed by atoms with Crippen LogP contribution in [0.1, 0.15) is 13.8 Å². The molecule has 8 nitrogen and oxygen atoms in total. The Morgan fingerprint density at radius 2 is 2.22 bits per heavy atom. The second kappa shape index (κ2) is 5.83. The molecule has 106 valence electrons. The van der Waals surface area contributed by atoms with Crippen molar-refractivity contribution in [2.45, 2.75) is 26.0 Å². The predicted octanol–water partition coefficient (Wildman–Crippen LogP) is -0.981. The van der Waals surface area contributed by atoms with Crippen LogP contribution in [0.2, 0.25) is 0 Å². The molecule has 1 saturated heterocycles. The molecule has 0 spiro atoms. The standard InChI is InChI=1S/C9H20N4O4S/c1-7(2)12(3)18(15,16)13-4-5-17-8(6-13)9(10)11-14/h7-8,14H,4-6H2,1-3H3,(H2,10,11). The third-order valence-corrected chi connectivity index (χ3v) is 5.03. The van der Waals surface area contributed by atoms with Crippen LogP contribution in [0, 0.1) is 0 Å². The number of rotatable bonds is 4. The summed E-state index contributed by atoms with van der Waals surface area (Å²) in [5.41, 5.74) is 5.43. The van der Waals surface area contributed by atoms with Crippen LogP contribution in [0.5, 0.6) is 0 Å². The summed E-state index contributed by atoms with van der Waals surface area (Å²) in [5, 5.41) is 11.4. The van der Waals surface area contributed by atoms with E-state index in [1.165, 1.54) is 15.7 Å². The minimum Gasteiger partial charge on any atom is -0.409 e. The number of hydrogen-bond donors (Lipinski definition) is 2. The van der Waals surface area contributed by atoms with Gasteiger partial charge in [-0.25, -0.2) is 0 Å². The van der Waals surface area contributed by atoms with Crippen LogP contribution >= 0.6 is 0 Å². The van der Waals surface area contributed by atoms with Gasteiger partial charge >= 0.3 is 0 Å². The fourth-order valence-corrected chi connectivity index (χ4v) is 3.05. The fraction of sp³-hybridized carbons (Fsp3) is 0.889. The summed E-state index contributed by atoms with van der Waals surface area (Å²) in [6.07, 6.45) is -0.709. The first kappa shape index (κ1) is 15.2. The summed E-state index contributed by atoms with van der Waals surface area (Å²) in [6.45, 7) is 4.11. The molecule has 1 heterocycles. The van der Waals surface area contributed by atoms with Gasteiger partial charge < -0.3 is 15.7 Å². The molecule has 0 aromatic heterocycles. The first-order valence-electron chi connectivity index (χ1n) is 5.62. The Labute approximate surface area is 107 Å². The van der Waals surface area contributed by atoms with Crippen molar-refractivity contribution < 1.29 is 18.4 Å². The Morgan fingerprint density at radius 1 is 1.61 bits per heavy atom. The van der Waals surface area contributed by atoms with E-state index in [4.69, 9.17) is 15.7 Å². The molecule has 0 aromatic carbocycles. The zero-order chi connectivity index (χ0) is 13.9. The Hall–Kier alpha value is -0.900. The van der Waals surface area contributed by atoms with E-state index in [0.29, 0.717) is 0 Å². The van der Waals surface area contributed by atoms with E-state index in [0.717, 1.165) is 0 Å². The summed E-state index contributed by atoms with van der Waals surface area (Å²) in [6, 6.07) is -0.139. The quantitative estimate of drug-likeness (QED) is 0.298.